The van der Waals surface area contributed by atoms with Gasteiger partial charge in [-0.1, -0.05) is 19.9 Å². The highest BCUT2D eigenvalue weighted by Crippen LogP contribution is 2.65. The maximum atomic E-state index is 13.1. The predicted molar refractivity (Wildman–Crippen MR) is 108 cm³/mol. The van der Waals surface area contributed by atoms with Crippen molar-refractivity contribution in [2.75, 3.05) is 0 Å². The Balaban J connectivity index is 1.63. The molecule has 5 nitrogen and oxygen atoms in total. The van der Waals surface area contributed by atoms with Crippen LogP contribution in [0.2, 0.25) is 0 Å². The second-order valence-electron chi connectivity index (χ2n) is 11.3. The van der Waals surface area contributed by atoms with Crippen molar-refractivity contribution in [1.82, 2.24) is 10.6 Å². The molecule has 4 rings (SSSR count). The standard InChI is InChI=1S/C23H36N2O3/c1-21(2,3)25-20(28)15-12-16(26)19-13-6-7-17-22(4,11-9-18(27)24-17)14(13)8-10-23(15,19)5/h9,11,13-17,19,26H,6-8,10,12H2,1-5H3,(H,24,27)(H,25,28)/t13-,14+,15-,16-,17-,19-,22-,23-/m1/s1. The Hall–Kier alpha value is -1.36. The zero-order valence-electron chi connectivity index (χ0n) is 17.9. The van der Waals surface area contributed by atoms with E-state index in [0.717, 1.165) is 25.7 Å². The molecular weight excluding hydrogens is 352 g/mol. The van der Waals surface area contributed by atoms with E-state index < -0.39 is 6.10 Å². The number of rotatable bonds is 1. The minimum Gasteiger partial charge on any atom is -0.393 e. The average molecular weight is 389 g/mol. The first kappa shape index (κ1) is 19.9. The lowest BCUT2D eigenvalue weighted by Crippen LogP contribution is -2.60. The molecular formula is C23H36N2O3. The van der Waals surface area contributed by atoms with Crippen LogP contribution in [0.4, 0.5) is 0 Å². The molecule has 3 fully saturated rings. The van der Waals surface area contributed by atoms with Crippen LogP contribution in [0.3, 0.4) is 0 Å². The summed E-state index contributed by atoms with van der Waals surface area (Å²) < 4.78 is 0. The smallest absolute Gasteiger partial charge is 0.243 e. The molecule has 3 N–H and O–H groups in total. The van der Waals surface area contributed by atoms with E-state index in [1.807, 2.05) is 20.8 Å². The van der Waals surface area contributed by atoms with Crippen molar-refractivity contribution in [3.63, 3.8) is 0 Å². The summed E-state index contributed by atoms with van der Waals surface area (Å²) in [6.45, 7) is 10.6. The Labute approximate surface area is 168 Å². The van der Waals surface area contributed by atoms with Crippen molar-refractivity contribution in [2.24, 2.45) is 34.5 Å². The normalized spacial score (nSPS) is 47.6. The maximum absolute atomic E-state index is 13.1. The highest BCUT2D eigenvalue weighted by Gasteiger charge is 2.63. The van der Waals surface area contributed by atoms with Gasteiger partial charge in [0.1, 0.15) is 0 Å². The molecule has 1 aliphatic heterocycles. The van der Waals surface area contributed by atoms with E-state index in [2.05, 4.69) is 30.6 Å². The van der Waals surface area contributed by atoms with E-state index in [1.165, 1.54) is 0 Å². The number of amides is 2. The number of carbonyl (C=O) groups excluding carboxylic acids is 2. The second kappa shape index (κ2) is 6.32. The fraction of sp³-hybridized carbons (Fsp3) is 0.826. The molecule has 0 aromatic carbocycles. The Morgan fingerprint density at radius 1 is 1.25 bits per heavy atom. The Bertz CT molecular complexity index is 711. The SMILES string of the molecule is CC(C)(C)NC(=O)[C@H]1C[C@@H](O)[C@H]2[C@@H]3CC[C@H]4NC(=O)C=C[C@]4(C)[C@H]3CC[C@@]21C. The molecule has 0 radical (unpaired) electrons. The highest BCUT2D eigenvalue weighted by molar-refractivity contribution is 5.89. The second-order valence-corrected chi connectivity index (χ2v) is 11.3. The van der Waals surface area contributed by atoms with Crippen LogP contribution in [-0.2, 0) is 9.59 Å². The largest absolute Gasteiger partial charge is 0.393 e. The van der Waals surface area contributed by atoms with E-state index in [1.54, 1.807) is 6.08 Å². The third-order valence-electron chi connectivity index (χ3n) is 8.48. The predicted octanol–water partition coefficient (Wildman–Crippen LogP) is 2.79. The minimum atomic E-state index is -0.421. The minimum absolute atomic E-state index is 0.0152. The lowest BCUT2D eigenvalue weighted by Gasteiger charge is -2.59. The molecule has 0 saturated heterocycles. The summed E-state index contributed by atoms with van der Waals surface area (Å²) in [7, 11) is 0. The molecule has 3 aliphatic carbocycles. The summed E-state index contributed by atoms with van der Waals surface area (Å²) in [6.07, 6.45) is 7.95. The fourth-order valence-corrected chi connectivity index (χ4v) is 7.26. The van der Waals surface area contributed by atoms with Crippen molar-refractivity contribution >= 4 is 11.8 Å². The maximum Gasteiger partial charge on any atom is 0.243 e. The van der Waals surface area contributed by atoms with Gasteiger partial charge in [-0.15, -0.1) is 0 Å². The molecule has 3 saturated carbocycles. The van der Waals surface area contributed by atoms with Gasteiger partial charge in [0.25, 0.3) is 0 Å². The van der Waals surface area contributed by atoms with Crippen molar-refractivity contribution in [2.45, 2.75) is 84.4 Å². The first-order valence-electron chi connectivity index (χ1n) is 11.0. The van der Waals surface area contributed by atoms with Gasteiger partial charge in [-0.3, -0.25) is 9.59 Å². The molecule has 2 amide bonds. The molecule has 1 heterocycles. The highest BCUT2D eigenvalue weighted by atomic mass is 16.3. The average Bonchev–Trinajstić information content (AvgIpc) is 2.85. The third-order valence-corrected chi connectivity index (χ3v) is 8.48. The molecule has 0 bridgehead atoms. The molecule has 28 heavy (non-hydrogen) atoms. The van der Waals surface area contributed by atoms with Gasteiger partial charge in [-0.25, -0.2) is 0 Å². The molecule has 4 aliphatic rings. The van der Waals surface area contributed by atoms with Gasteiger partial charge in [-0.05, 0) is 82.1 Å². The third kappa shape index (κ3) is 2.92. The molecule has 8 atom stereocenters. The topological polar surface area (TPSA) is 78.4 Å². The summed E-state index contributed by atoms with van der Waals surface area (Å²) in [5.41, 5.74) is -0.464. The molecule has 5 heteroatoms. The molecule has 156 valence electrons. The van der Waals surface area contributed by atoms with Crippen LogP contribution >= 0.6 is 0 Å². The van der Waals surface area contributed by atoms with E-state index in [4.69, 9.17) is 0 Å². The lowest BCUT2D eigenvalue weighted by molar-refractivity contribution is -0.136. The van der Waals surface area contributed by atoms with Gasteiger partial charge in [0.15, 0.2) is 0 Å². The van der Waals surface area contributed by atoms with Gasteiger partial charge in [0, 0.05) is 22.9 Å². The number of hydrogen-bond acceptors (Lipinski definition) is 3. The Morgan fingerprint density at radius 2 is 1.96 bits per heavy atom. The van der Waals surface area contributed by atoms with Crippen molar-refractivity contribution in [3.05, 3.63) is 12.2 Å². The van der Waals surface area contributed by atoms with Crippen LogP contribution in [0.15, 0.2) is 12.2 Å². The van der Waals surface area contributed by atoms with Crippen molar-refractivity contribution in [1.29, 1.82) is 0 Å². The number of nitrogens with one attached hydrogen (secondary N) is 2. The fourth-order valence-electron chi connectivity index (χ4n) is 7.26. The summed E-state index contributed by atoms with van der Waals surface area (Å²) >= 11 is 0. The van der Waals surface area contributed by atoms with Gasteiger partial charge in [-0.2, -0.15) is 0 Å². The first-order valence-corrected chi connectivity index (χ1v) is 11.0. The van der Waals surface area contributed by atoms with Gasteiger partial charge >= 0.3 is 0 Å². The number of aliphatic hydroxyl groups excluding tert-OH is 1. The van der Waals surface area contributed by atoms with E-state index >= 15 is 0 Å². The van der Waals surface area contributed by atoms with Crippen molar-refractivity contribution < 1.29 is 14.7 Å². The molecule has 0 spiro atoms. The van der Waals surface area contributed by atoms with E-state index in [0.29, 0.717) is 18.3 Å². The number of hydrogen-bond donors (Lipinski definition) is 3. The molecule has 0 unspecified atom stereocenters. The summed E-state index contributed by atoms with van der Waals surface area (Å²) in [5, 5.41) is 17.4. The summed E-state index contributed by atoms with van der Waals surface area (Å²) in [5.74, 6) is 0.994. The first-order chi connectivity index (χ1) is 13.0. The molecule has 0 aromatic heterocycles. The van der Waals surface area contributed by atoms with Crippen LogP contribution in [0.25, 0.3) is 0 Å². The zero-order chi connectivity index (χ0) is 20.5. The van der Waals surface area contributed by atoms with Gasteiger partial charge < -0.3 is 15.7 Å². The molecule has 0 aromatic rings. The van der Waals surface area contributed by atoms with Crippen LogP contribution in [0.1, 0.15) is 66.7 Å². The van der Waals surface area contributed by atoms with E-state index in [-0.39, 0.29) is 46.1 Å². The van der Waals surface area contributed by atoms with Gasteiger partial charge in [0.2, 0.25) is 11.8 Å². The van der Waals surface area contributed by atoms with Crippen LogP contribution in [-0.4, -0.2) is 34.6 Å². The van der Waals surface area contributed by atoms with Gasteiger partial charge in [0.05, 0.1) is 6.10 Å². The summed E-state index contributed by atoms with van der Waals surface area (Å²) in [4.78, 5) is 24.9. The summed E-state index contributed by atoms with van der Waals surface area (Å²) in [6, 6.07) is 0.189. The zero-order valence-corrected chi connectivity index (χ0v) is 17.9. The van der Waals surface area contributed by atoms with E-state index in [9.17, 15) is 14.7 Å². The monoisotopic (exact) mass is 388 g/mol. The Kier molecular flexibility index (Phi) is 4.50. The van der Waals surface area contributed by atoms with Crippen LogP contribution in [0.5, 0.6) is 0 Å². The number of carbonyl (C=O) groups is 2. The van der Waals surface area contributed by atoms with Crippen LogP contribution < -0.4 is 10.6 Å². The Morgan fingerprint density at radius 3 is 2.64 bits per heavy atom. The quantitative estimate of drug-likeness (QED) is 0.646. The number of aliphatic hydroxyl groups is 1. The lowest BCUT2D eigenvalue weighted by atomic mass is 9.47. The number of fused-ring (bicyclic) bond motifs is 5. The van der Waals surface area contributed by atoms with Crippen molar-refractivity contribution in [3.8, 4) is 0 Å². The van der Waals surface area contributed by atoms with Crippen LogP contribution in [0, 0.1) is 34.5 Å².